The topological polar surface area (TPSA) is 38.9 Å². The third-order valence-electron chi connectivity index (χ3n) is 3.28. The highest BCUT2D eigenvalue weighted by Crippen LogP contribution is 2.24. The van der Waals surface area contributed by atoms with Crippen LogP contribution in [0, 0.1) is 0 Å². The molecule has 0 radical (unpaired) electrons. The minimum atomic E-state index is 0.439. The lowest BCUT2D eigenvalue weighted by Gasteiger charge is -2.11. The number of nitrogens with two attached hydrogens (primary N) is 1. The Morgan fingerprint density at radius 2 is 1.95 bits per heavy atom. The lowest BCUT2D eigenvalue weighted by atomic mass is 9.96. The van der Waals surface area contributed by atoms with Gasteiger partial charge in [0.2, 0.25) is 0 Å². The van der Waals surface area contributed by atoms with Gasteiger partial charge in [-0.3, -0.25) is 0 Å². The molecule has 0 saturated heterocycles. The Morgan fingerprint density at radius 1 is 1.16 bits per heavy atom. The maximum Gasteiger partial charge on any atom is 0.126 e. The van der Waals surface area contributed by atoms with E-state index in [2.05, 4.69) is 54.4 Å². The van der Waals surface area contributed by atoms with Gasteiger partial charge in [0.05, 0.1) is 0 Å². The predicted molar refractivity (Wildman–Crippen MR) is 81.8 cm³/mol. The van der Waals surface area contributed by atoms with E-state index in [1.807, 2.05) is 12.1 Å². The van der Waals surface area contributed by atoms with E-state index in [9.17, 15) is 0 Å². The van der Waals surface area contributed by atoms with Crippen molar-refractivity contribution in [3.05, 3.63) is 65.9 Å². The van der Waals surface area contributed by atoms with Gasteiger partial charge in [-0.1, -0.05) is 55.5 Å². The molecule has 1 unspecified atom stereocenters. The number of hydrogen-bond donors (Lipinski definition) is 1. The molecule has 1 aromatic carbocycles. The van der Waals surface area contributed by atoms with Gasteiger partial charge >= 0.3 is 0 Å². The fraction of sp³-hybridized carbons (Fsp3) is 0.235. The molecule has 0 aliphatic rings. The van der Waals surface area contributed by atoms with Crippen LogP contribution in [-0.2, 0) is 0 Å². The van der Waals surface area contributed by atoms with Crippen LogP contribution >= 0.6 is 0 Å². The van der Waals surface area contributed by atoms with Crippen molar-refractivity contribution < 1.29 is 0 Å². The SMILES string of the molecule is CC(CCC=Cc1ccccc1)c1cccnc1N. The summed E-state index contributed by atoms with van der Waals surface area (Å²) in [4.78, 5) is 4.14. The van der Waals surface area contributed by atoms with Gasteiger partial charge in [0.15, 0.2) is 0 Å². The van der Waals surface area contributed by atoms with E-state index in [4.69, 9.17) is 5.73 Å². The minimum Gasteiger partial charge on any atom is -0.383 e. The molecular weight excluding hydrogens is 232 g/mol. The van der Waals surface area contributed by atoms with E-state index < -0.39 is 0 Å². The molecule has 0 aliphatic heterocycles. The Labute approximate surface area is 115 Å². The largest absolute Gasteiger partial charge is 0.383 e. The molecule has 0 bridgehead atoms. The number of aromatic nitrogens is 1. The molecule has 0 aliphatic carbocycles. The fourth-order valence-corrected chi connectivity index (χ4v) is 2.13. The first kappa shape index (κ1) is 13.3. The molecule has 2 N–H and O–H groups in total. The van der Waals surface area contributed by atoms with Gasteiger partial charge in [0, 0.05) is 6.20 Å². The summed E-state index contributed by atoms with van der Waals surface area (Å²) in [6.07, 6.45) is 8.25. The Kier molecular flexibility index (Phi) is 4.73. The summed E-state index contributed by atoms with van der Waals surface area (Å²) in [7, 11) is 0. The highest BCUT2D eigenvalue weighted by Gasteiger charge is 2.07. The van der Waals surface area contributed by atoms with Crippen molar-refractivity contribution in [2.24, 2.45) is 0 Å². The molecule has 2 aromatic rings. The van der Waals surface area contributed by atoms with Gasteiger partial charge in [0.25, 0.3) is 0 Å². The van der Waals surface area contributed by atoms with Gasteiger partial charge in [0.1, 0.15) is 5.82 Å². The summed E-state index contributed by atoms with van der Waals surface area (Å²) in [6.45, 7) is 2.20. The number of hydrogen-bond acceptors (Lipinski definition) is 2. The second-order valence-corrected chi connectivity index (χ2v) is 4.77. The molecule has 0 amide bonds. The smallest absolute Gasteiger partial charge is 0.126 e. The van der Waals surface area contributed by atoms with Crippen LogP contribution < -0.4 is 5.73 Å². The first-order valence-corrected chi connectivity index (χ1v) is 6.69. The van der Waals surface area contributed by atoms with Gasteiger partial charge in [-0.25, -0.2) is 4.98 Å². The summed E-state index contributed by atoms with van der Waals surface area (Å²) in [5.74, 6) is 1.09. The average Bonchev–Trinajstić information content (AvgIpc) is 2.45. The molecule has 98 valence electrons. The number of pyridine rings is 1. The van der Waals surface area contributed by atoms with Crippen molar-refractivity contribution >= 4 is 11.9 Å². The van der Waals surface area contributed by atoms with Crippen molar-refractivity contribution in [3.63, 3.8) is 0 Å². The molecular formula is C17H20N2. The summed E-state index contributed by atoms with van der Waals surface area (Å²) >= 11 is 0. The van der Waals surface area contributed by atoms with Crippen molar-refractivity contribution in [1.82, 2.24) is 4.98 Å². The zero-order valence-corrected chi connectivity index (χ0v) is 11.3. The molecule has 0 saturated carbocycles. The predicted octanol–water partition coefficient (Wildman–Crippen LogP) is 4.26. The number of rotatable bonds is 5. The average molecular weight is 252 g/mol. The molecule has 0 fully saturated rings. The standard InChI is InChI=1S/C17H20N2/c1-14(16-12-7-13-19-17(16)18)8-5-6-11-15-9-3-2-4-10-15/h2-4,6-7,9-14H,5,8H2,1H3,(H2,18,19). The molecule has 0 spiro atoms. The molecule has 1 atom stereocenters. The Morgan fingerprint density at radius 3 is 2.68 bits per heavy atom. The Balaban J connectivity index is 1.86. The van der Waals surface area contributed by atoms with E-state index >= 15 is 0 Å². The quantitative estimate of drug-likeness (QED) is 0.863. The number of anilines is 1. The highest BCUT2D eigenvalue weighted by molar-refractivity contribution is 5.48. The lowest BCUT2D eigenvalue weighted by molar-refractivity contribution is 0.691. The van der Waals surface area contributed by atoms with E-state index in [-0.39, 0.29) is 0 Å². The van der Waals surface area contributed by atoms with Crippen LogP contribution in [0.25, 0.3) is 6.08 Å². The molecule has 1 aromatic heterocycles. The number of allylic oxidation sites excluding steroid dienone is 1. The van der Waals surface area contributed by atoms with Gasteiger partial charge in [-0.15, -0.1) is 0 Å². The first-order valence-electron chi connectivity index (χ1n) is 6.69. The third-order valence-corrected chi connectivity index (χ3v) is 3.28. The van der Waals surface area contributed by atoms with Gasteiger partial charge in [-0.05, 0) is 36.0 Å². The Bertz CT molecular complexity index is 532. The summed E-state index contributed by atoms with van der Waals surface area (Å²) in [6, 6.07) is 14.4. The highest BCUT2D eigenvalue weighted by atomic mass is 14.8. The van der Waals surface area contributed by atoms with Crippen molar-refractivity contribution in [3.8, 4) is 0 Å². The first-order chi connectivity index (χ1) is 9.27. The second-order valence-electron chi connectivity index (χ2n) is 4.77. The van der Waals surface area contributed by atoms with Crippen molar-refractivity contribution in [2.75, 3.05) is 5.73 Å². The lowest BCUT2D eigenvalue weighted by Crippen LogP contribution is -2.01. The monoisotopic (exact) mass is 252 g/mol. The fourth-order valence-electron chi connectivity index (χ4n) is 2.13. The van der Waals surface area contributed by atoms with Crippen molar-refractivity contribution in [1.29, 1.82) is 0 Å². The van der Waals surface area contributed by atoms with Crippen LogP contribution in [0.15, 0.2) is 54.7 Å². The van der Waals surface area contributed by atoms with E-state index in [1.165, 1.54) is 5.56 Å². The maximum atomic E-state index is 5.89. The van der Waals surface area contributed by atoms with E-state index in [0.717, 1.165) is 18.4 Å². The second kappa shape index (κ2) is 6.74. The summed E-state index contributed by atoms with van der Waals surface area (Å²) < 4.78 is 0. The zero-order valence-electron chi connectivity index (χ0n) is 11.3. The van der Waals surface area contributed by atoms with Crippen LogP contribution in [0.5, 0.6) is 0 Å². The van der Waals surface area contributed by atoms with Crippen LogP contribution in [0.4, 0.5) is 5.82 Å². The molecule has 19 heavy (non-hydrogen) atoms. The van der Waals surface area contributed by atoms with Gasteiger partial charge in [-0.2, -0.15) is 0 Å². The molecule has 2 rings (SSSR count). The molecule has 1 heterocycles. The number of nitrogen functional groups attached to an aromatic ring is 1. The minimum absolute atomic E-state index is 0.439. The number of benzene rings is 1. The van der Waals surface area contributed by atoms with E-state index in [0.29, 0.717) is 11.7 Å². The Hall–Kier alpha value is -2.09. The van der Waals surface area contributed by atoms with Gasteiger partial charge < -0.3 is 5.73 Å². The number of nitrogens with zero attached hydrogens (tertiary/aromatic N) is 1. The third kappa shape index (κ3) is 3.95. The van der Waals surface area contributed by atoms with Crippen LogP contribution in [-0.4, -0.2) is 4.98 Å². The molecule has 2 heteroatoms. The molecule has 2 nitrogen and oxygen atoms in total. The zero-order chi connectivity index (χ0) is 13.5. The van der Waals surface area contributed by atoms with E-state index in [1.54, 1.807) is 6.20 Å². The summed E-state index contributed by atoms with van der Waals surface area (Å²) in [5, 5.41) is 0. The van der Waals surface area contributed by atoms with Crippen molar-refractivity contribution in [2.45, 2.75) is 25.7 Å². The van der Waals surface area contributed by atoms with Crippen LogP contribution in [0.2, 0.25) is 0 Å². The maximum absolute atomic E-state index is 5.89. The van der Waals surface area contributed by atoms with Crippen LogP contribution in [0.1, 0.15) is 36.8 Å². The summed E-state index contributed by atoms with van der Waals surface area (Å²) in [5.41, 5.74) is 8.28. The normalized spacial score (nSPS) is 12.7. The van der Waals surface area contributed by atoms with Crippen LogP contribution in [0.3, 0.4) is 0 Å².